The molecule has 0 aliphatic carbocycles. The van der Waals surface area contributed by atoms with Gasteiger partial charge in [0.25, 0.3) is 0 Å². The van der Waals surface area contributed by atoms with Gasteiger partial charge < -0.3 is 14.4 Å². The number of rotatable bonds is 9. The number of carbonyl (C=O) groups is 2. The highest BCUT2D eigenvalue weighted by Crippen LogP contribution is 2.24. The summed E-state index contributed by atoms with van der Waals surface area (Å²) in [6.07, 6.45) is 4.68. The van der Waals surface area contributed by atoms with Gasteiger partial charge >= 0.3 is 6.09 Å². The lowest BCUT2D eigenvalue weighted by molar-refractivity contribution is 0.0179. The van der Waals surface area contributed by atoms with E-state index in [1.165, 1.54) is 12.1 Å². The van der Waals surface area contributed by atoms with Crippen molar-refractivity contribution < 1.29 is 23.5 Å². The summed E-state index contributed by atoms with van der Waals surface area (Å²) < 4.78 is 25.4. The number of ketones is 1. The van der Waals surface area contributed by atoms with Crippen molar-refractivity contribution >= 4 is 11.9 Å². The molecule has 5 nitrogen and oxygen atoms in total. The summed E-state index contributed by atoms with van der Waals surface area (Å²) in [6.45, 7) is 11.7. The number of hydrogen-bond donors (Lipinski definition) is 0. The normalized spacial score (nSPS) is 15.3. The zero-order chi connectivity index (χ0) is 23.0. The van der Waals surface area contributed by atoms with E-state index in [4.69, 9.17) is 9.47 Å². The molecule has 0 atom stereocenters. The molecule has 0 spiro atoms. The Kier molecular flexibility index (Phi) is 9.32. The van der Waals surface area contributed by atoms with Crippen LogP contribution in [0.1, 0.15) is 83.5 Å². The zero-order valence-electron chi connectivity index (χ0n) is 19.7. The Balaban J connectivity index is 1.68. The average molecular weight is 436 g/mol. The Bertz CT molecular complexity index is 734. The van der Waals surface area contributed by atoms with Gasteiger partial charge in [-0.3, -0.25) is 4.79 Å². The van der Waals surface area contributed by atoms with Crippen LogP contribution in [0.5, 0.6) is 5.75 Å². The van der Waals surface area contributed by atoms with Crippen molar-refractivity contribution in [3.63, 3.8) is 0 Å². The van der Waals surface area contributed by atoms with Crippen molar-refractivity contribution in [2.75, 3.05) is 19.7 Å². The second-order valence-corrected chi connectivity index (χ2v) is 9.90. The number of Topliss-reactive ketones (excluding diaryl/α,β-unsaturated/α-hetero) is 1. The van der Waals surface area contributed by atoms with Gasteiger partial charge in [0.2, 0.25) is 0 Å². The summed E-state index contributed by atoms with van der Waals surface area (Å²) >= 11 is 0. The van der Waals surface area contributed by atoms with Crippen LogP contribution in [0.15, 0.2) is 18.2 Å². The summed E-state index contributed by atoms with van der Waals surface area (Å²) in [6, 6.07) is 4.51. The number of carbonyl (C=O) groups excluding carboxylic acids is 2. The van der Waals surface area contributed by atoms with Crippen LogP contribution in [0.4, 0.5) is 9.18 Å². The molecule has 0 radical (unpaired) electrons. The predicted molar refractivity (Wildman–Crippen MR) is 120 cm³/mol. The van der Waals surface area contributed by atoms with E-state index in [2.05, 4.69) is 0 Å². The molecule has 0 aromatic heterocycles. The van der Waals surface area contributed by atoms with Gasteiger partial charge in [0.05, 0.1) is 12.2 Å². The Hall–Kier alpha value is -2.11. The minimum Gasteiger partial charge on any atom is -0.493 e. The van der Waals surface area contributed by atoms with Crippen LogP contribution in [-0.2, 0) is 4.74 Å². The van der Waals surface area contributed by atoms with Crippen LogP contribution in [0, 0.1) is 17.7 Å². The minimum absolute atomic E-state index is 0.143. The second kappa shape index (κ2) is 11.5. The van der Waals surface area contributed by atoms with Crippen molar-refractivity contribution in [2.24, 2.45) is 11.8 Å². The summed E-state index contributed by atoms with van der Waals surface area (Å²) in [5, 5.41) is 0. The number of benzene rings is 1. The van der Waals surface area contributed by atoms with E-state index in [0.29, 0.717) is 30.6 Å². The molecule has 0 saturated carbocycles. The van der Waals surface area contributed by atoms with Crippen LogP contribution in [0.2, 0.25) is 0 Å². The number of piperidine rings is 1. The van der Waals surface area contributed by atoms with E-state index in [0.717, 1.165) is 45.2 Å². The maximum Gasteiger partial charge on any atom is 0.410 e. The molecule has 2 rings (SSSR count). The first kappa shape index (κ1) is 25.2. The number of nitrogens with zero attached hydrogens (tertiary/aromatic N) is 1. The number of likely N-dealkylation sites (tertiary alicyclic amines) is 1. The fourth-order valence-electron chi connectivity index (χ4n) is 3.66. The van der Waals surface area contributed by atoms with Crippen molar-refractivity contribution in [3.8, 4) is 5.75 Å². The zero-order valence-corrected chi connectivity index (χ0v) is 19.7. The molecule has 0 unspecified atom stereocenters. The van der Waals surface area contributed by atoms with Crippen molar-refractivity contribution in [2.45, 2.75) is 78.7 Å². The largest absolute Gasteiger partial charge is 0.493 e. The maximum atomic E-state index is 14.3. The molecule has 0 N–H and O–H groups in total. The van der Waals surface area contributed by atoms with Crippen LogP contribution in [-0.4, -0.2) is 42.1 Å². The fourth-order valence-corrected chi connectivity index (χ4v) is 3.66. The molecule has 1 aliphatic heterocycles. The number of hydrogen-bond acceptors (Lipinski definition) is 4. The van der Waals surface area contributed by atoms with Crippen molar-refractivity contribution in [1.82, 2.24) is 4.90 Å². The highest BCUT2D eigenvalue weighted by atomic mass is 19.1. The summed E-state index contributed by atoms with van der Waals surface area (Å²) in [7, 11) is 0. The molecule has 1 aromatic carbocycles. The maximum absolute atomic E-state index is 14.3. The first-order valence-electron chi connectivity index (χ1n) is 11.5. The first-order valence-corrected chi connectivity index (χ1v) is 11.5. The second-order valence-electron chi connectivity index (χ2n) is 9.90. The summed E-state index contributed by atoms with van der Waals surface area (Å²) in [5.41, 5.74) is -0.325. The molecule has 1 saturated heterocycles. The van der Waals surface area contributed by atoms with Gasteiger partial charge in [-0.2, -0.15) is 0 Å². The van der Waals surface area contributed by atoms with E-state index in [1.54, 1.807) is 11.0 Å². The lowest BCUT2D eigenvalue weighted by Gasteiger charge is -2.33. The average Bonchev–Trinajstić information content (AvgIpc) is 2.68. The Morgan fingerprint density at radius 3 is 2.45 bits per heavy atom. The number of ether oxygens (including phenoxy) is 2. The van der Waals surface area contributed by atoms with Gasteiger partial charge in [0, 0.05) is 25.6 Å². The molecule has 0 bridgehead atoms. The monoisotopic (exact) mass is 435 g/mol. The third-order valence-electron chi connectivity index (χ3n) is 5.48. The van der Waals surface area contributed by atoms with Gasteiger partial charge in [-0.1, -0.05) is 13.8 Å². The number of halogens is 1. The smallest absolute Gasteiger partial charge is 0.410 e. The fraction of sp³-hybridized carbons (Fsp3) is 0.680. The molecule has 174 valence electrons. The van der Waals surface area contributed by atoms with Gasteiger partial charge in [-0.15, -0.1) is 0 Å². The number of amides is 1. The van der Waals surface area contributed by atoms with Crippen LogP contribution >= 0.6 is 0 Å². The van der Waals surface area contributed by atoms with E-state index >= 15 is 0 Å². The van der Waals surface area contributed by atoms with E-state index < -0.39 is 11.4 Å². The summed E-state index contributed by atoms with van der Waals surface area (Å²) in [4.78, 5) is 26.0. The quantitative estimate of drug-likeness (QED) is 0.340. The Labute approximate surface area is 186 Å². The standard InChI is InChI=1S/C25H38FNO4/c1-18(2)8-11-23(28)21-10-9-20(17-22(21)26)30-16-6-7-19-12-14-27(15-13-19)24(29)31-25(3,4)5/h9-10,17-19H,6-8,11-16H2,1-5H3. The molecule has 6 heteroatoms. The first-order chi connectivity index (χ1) is 14.5. The summed E-state index contributed by atoms with van der Waals surface area (Å²) in [5.74, 6) is 0.757. The van der Waals surface area contributed by atoms with Crippen LogP contribution in [0.25, 0.3) is 0 Å². The van der Waals surface area contributed by atoms with Gasteiger partial charge in [0.15, 0.2) is 5.78 Å². The third kappa shape index (κ3) is 8.88. The third-order valence-corrected chi connectivity index (χ3v) is 5.48. The molecule has 1 heterocycles. The predicted octanol–water partition coefficient (Wildman–Crippen LogP) is 6.25. The van der Waals surface area contributed by atoms with Crippen molar-refractivity contribution in [1.29, 1.82) is 0 Å². The van der Waals surface area contributed by atoms with E-state index in [9.17, 15) is 14.0 Å². The molecule has 1 aliphatic rings. The lowest BCUT2D eigenvalue weighted by atomic mass is 9.92. The molecule has 1 amide bonds. The SMILES string of the molecule is CC(C)CCC(=O)c1ccc(OCCCC2CCN(C(=O)OC(C)(C)C)CC2)cc1F. The molecule has 31 heavy (non-hydrogen) atoms. The lowest BCUT2D eigenvalue weighted by Crippen LogP contribution is -2.41. The van der Waals surface area contributed by atoms with E-state index in [1.807, 2.05) is 34.6 Å². The van der Waals surface area contributed by atoms with Crippen LogP contribution < -0.4 is 4.74 Å². The highest BCUT2D eigenvalue weighted by Gasteiger charge is 2.26. The Morgan fingerprint density at radius 1 is 1.19 bits per heavy atom. The van der Waals surface area contributed by atoms with E-state index in [-0.39, 0.29) is 17.4 Å². The van der Waals surface area contributed by atoms with Gasteiger partial charge in [0.1, 0.15) is 17.2 Å². The molecule has 1 aromatic rings. The van der Waals surface area contributed by atoms with Crippen LogP contribution in [0.3, 0.4) is 0 Å². The molecular formula is C25H38FNO4. The van der Waals surface area contributed by atoms with Gasteiger partial charge in [-0.25, -0.2) is 9.18 Å². The van der Waals surface area contributed by atoms with Gasteiger partial charge in [-0.05, 0) is 76.8 Å². The van der Waals surface area contributed by atoms with Crippen molar-refractivity contribution in [3.05, 3.63) is 29.6 Å². The topological polar surface area (TPSA) is 55.8 Å². The molecular weight excluding hydrogens is 397 g/mol. The Morgan fingerprint density at radius 2 is 1.87 bits per heavy atom. The highest BCUT2D eigenvalue weighted by molar-refractivity contribution is 5.96. The minimum atomic E-state index is -0.513. The molecule has 1 fully saturated rings.